The Bertz CT molecular complexity index is 389. The van der Waals surface area contributed by atoms with Crippen LogP contribution in [0, 0.1) is 0 Å². The summed E-state index contributed by atoms with van der Waals surface area (Å²) >= 11 is 0. The first-order chi connectivity index (χ1) is 10.4. The van der Waals surface area contributed by atoms with E-state index >= 15 is 0 Å². The van der Waals surface area contributed by atoms with Crippen molar-refractivity contribution in [2.45, 2.75) is 44.4 Å². The lowest BCUT2D eigenvalue weighted by Gasteiger charge is -2.19. The zero-order valence-corrected chi connectivity index (χ0v) is 12.0. The van der Waals surface area contributed by atoms with Crippen LogP contribution in [0.1, 0.15) is 32.1 Å². The smallest absolute Gasteiger partial charge is 0.326 e. The summed E-state index contributed by atoms with van der Waals surface area (Å²) in [5.74, 6) is -2.52. The van der Waals surface area contributed by atoms with Gasteiger partial charge in [0.2, 0.25) is 0 Å². The van der Waals surface area contributed by atoms with Gasteiger partial charge in [-0.1, -0.05) is 0 Å². The van der Waals surface area contributed by atoms with Crippen molar-refractivity contribution in [3.63, 3.8) is 0 Å². The van der Waals surface area contributed by atoms with Crippen LogP contribution in [0.5, 0.6) is 0 Å². The monoisotopic (exact) mass is 319 g/mol. The molecular formula is C12H21N3O7. The van der Waals surface area contributed by atoms with E-state index in [1.54, 1.807) is 0 Å². The SMILES string of the molecule is NCCCC[C@H](NC(=O)N[C@@H](CCC(=O)O)C(=O)O)OC=O. The minimum Gasteiger partial charge on any atom is -0.481 e. The van der Waals surface area contributed by atoms with Gasteiger partial charge in [0.25, 0.3) is 6.47 Å². The lowest BCUT2D eigenvalue weighted by molar-refractivity contribution is -0.141. The molecule has 0 fully saturated rings. The fourth-order valence-corrected chi connectivity index (χ4v) is 1.59. The quantitative estimate of drug-likeness (QED) is 0.177. The second-order valence-electron chi connectivity index (χ2n) is 4.45. The van der Waals surface area contributed by atoms with Crippen molar-refractivity contribution < 1.29 is 34.1 Å². The number of nitrogens with two attached hydrogens (primary N) is 1. The fraction of sp³-hybridized carbons (Fsp3) is 0.667. The summed E-state index contributed by atoms with van der Waals surface area (Å²) in [6.07, 6.45) is 0.0514. The number of hydrogen-bond donors (Lipinski definition) is 5. The van der Waals surface area contributed by atoms with Gasteiger partial charge in [0.1, 0.15) is 6.04 Å². The Labute approximate surface area is 127 Å². The van der Waals surface area contributed by atoms with Gasteiger partial charge in [-0.2, -0.15) is 0 Å². The molecule has 0 aromatic heterocycles. The summed E-state index contributed by atoms with van der Waals surface area (Å²) in [5, 5.41) is 21.8. The predicted molar refractivity (Wildman–Crippen MR) is 73.8 cm³/mol. The average Bonchev–Trinajstić information content (AvgIpc) is 2.43. The molecule has 10 nitrogen and oxygen atoms in total. The maximum absolute atomic E-state index is 11.7. The van der Waals surface area contributed by atoms with Gasteiger partial charge in [0, 0.05) is 12.8 Å². The third-order valence-electron chi connectivity index (χ3n) is 2.68. The zero-order valence-electron chi connectivity index (χ0n) is 12.0. The summed E-state index contributed by atoms with van der Waals surface area (Å²) in [5.41, 5.74) is 5.32. The fourth-order valence-electron chi connectivity index (χ4n) is 1.59. The number of unbranched alkanes of at least 4 members (excludes halogenated alkanes) is 1. The van der Waals surface area contributed by atoms with Crippen molar-refractivity contribution in [1.82, 2.24) is 10.6 Å². The molecule has 0 aliphatic heterocycles. The summed E-state index contributed by atoms with van der Waals surface area (Å²) in [6.45, 7) is 0.628. The molecule has 2 amide bonds. The van der Waals surface area contributed by atoms with Crippen LogP contribution in [0.4, 0.5) is 4.79 Å². The molecule has 6 N–H and O–H groups in total. The topological polar surface area (TPSA) is 168 Å². The molecule has 0 saturated heterocycles. The molecule has 0 aliphatic rings. The Morgan fingerprint density at radius 1 is 1.14 bits per heavy atom. The van der Waals surface area contributed by atoms with Gasteiger partial charge in [0.05, 0.1) is 0 Å². The molecule has 0 bridgehead atoms. The first-order valence-electron chi connectivity index (χ1n) is 6.71. The van der Waals surface area contributed by atoms with E-state index < -0.39 is 36.7 Å². The van der Waals surface area contributed by atoms with Crippen LogP contribution in [0.15, 0.2) is 0 Å². The Kier molecular flexibility index (Phi) is 10.1. The number of amides is 2. The summed E-state index contributed by atoms with van der Waals surface area (Å²) < 4.78 is 4.66. The van der Waals surface area contributed by atoms with Crippen LogP contribution in [-0.2, 0) is 19.1 Å². The van der Waals surface area contributed by atoms with E-state index in [1.165, 1.54) is 0 Å². The number of nitrogens with one attached hydrogen (secondary N) is 2. The Morgan fingerprint density at radius 2 is 1.82 bits per heavy atom. The second-order valence-corrected chi connectivity index (χ2v) is 4.45. The zero-order chi connectivity index (χ0) is 17.0. The highest BCUT2D eigenvalue weighted by Crippen LogP contribution is 2.02. The Hall–Kier alpha value is -2.36. The van der Waals surface area contributed by atoms with E-state index in [1.807, 2.05) is 0 Å². The Morgan fingerprint density at radius 3 is 2.32 bits per heavy atom. The lowest BCUT2D eigenvalue weighted by Crippen LogP contribution is -2.49. The van der Waals surface area contributed by atoms with Gasteiger partial charge >= 0.3 is 18.0 Å². The maximum atomic E-state index is 11.7. The van der Waals surface area contributed by atoms with Gasteiger partial charge in [-0.05, 0) is 25.8 Å². The van der Waals surface area contributed by atoms with Gasteiger partial charge < -0.3 is 31.3 Å². The van der Waals surface area contributed by atoms with Crippen LogP contribution < -0.4 is 16.4 Å². The molecule has 0 saturated carbocycles. The number of ether oxygens (including phenoxy) is 1. The minimum absolute atomic E-state index is 0.173. The van der Waals surface area contributed by atoms with Crippen molar-refractivity contribution in [2.75, 3.05) is 6.54 Å². The number of hydrogen-bond acceptors (Lipinski definition) is 6. The van der Waals surface area contributed by atoms with Gasteiger partial charge in [-0.15, -0.1) is 0 Å². The first kappa shape index (κ1) is 19.6. The molecule has 0 radical (unpaired) electrons. The van der Waals surface area contributed by atoms with E-state index in [0.29, 0.717) is 25.8 Å². The van der Waals surface area contributed by atoms with Crippen LogP contribution in [-0.4, -0.2) is 53.5 Å². The molecule has 10 heteroatoms. The maximum Gasteiger partial charge on any atom is 0.326 e. The molecule has 0 unspecified atom stereocenters. The first-order valence-corrected chi connectivity index (χ1v) is 6.71. The van der Waals surface area contributed by atoms with E-state index in [-0.39, 0.29) is 12.9 Å². The van der Waals surface area contributed by atoms with Crippen LogP contribution in [0.2, 0.25) is 0 Å². The third kappa shape index (κ3) is 9.53. The van der Waals surface area contributed by atoms with Crippen LogP contribution in [0.3, 0.4) is 0 Å². The molecule has 0 heterocycles. The van der Waals surface area contributed by atoms with Gasteiger partial charge in [-0.25, -0.2) is 9.59 Å². The number of carbonyl (C=O) groups is 4. The van der Waals surface area contributed by atoms with E-state index in [0.717, 1.165) is 0 Å². The molecule has 0 aliphatic carbocycles. The number of carboxylic acid groups (broad SMARTS) is 2. The number of carbonyl (C=O) groups excluding carboxylic acids is 2. The predicted octanol–water partition coefficient (Wildman–Crippen LogP) is -0.768. The molecule has 2 atom stereocenters. The lowest BCUT2D eigenvalue weighted by atomic mass is 10.1. The number of urea groups is 1. The second kappa shape index (κ2) is 11.3. The van der Waals surface area contributed by atoms with Gasteiger partial charge in [-0.3, -0.25) is 9.59 Å². The summed E-state index contributed by atoms with van der Waals surface area (Å²) in [6, 6.07) is -2.21. The normalized spacial score (nSPS) is 12.8. The molecular weight excluding hydrogens is 298 g/mol. The molecule has 0 aromatic carbocycles. The van der Waals surface area contributed by atoms with Crippen molar-refractivity contribution >= 4 is 24.4 Å². The summed E-state index contributed by atoms with van der Waals surface area (Å²) in [4.78, 5) is 43.4. The highest BCUT2D eigenvalue weighted by atomic mass is 16.5. The highest BCUT2D eigenvalue weighted by Gasteiger charge is 2.22. The molecule has 22 heavy (non-hydrogen) atoms. The highest BCUT2D eigenvalue weighted by molar-refractivity contribution is 5.83. The largest absolute Gasteiger partial charge is 0.481 e. The molecule has 0 aromatic rings. The number of carboxylic acids is 2. The van der Waals surface area contributed by atoms with Gasteiger partial charge in [0.15, 0.2) is 6.23 Å². The average molecular weight is 319 g/mol. The standard InChI is InChI=1S/C12H21N3O7/c13-6-2-1-3-9(22-7-16)15-12(21)14-8(11(19)20)4-5-10(17)18/h7-9H,1-6,13H2,(H,17,18)(H,19,20)(H2,14,15,21)/t8-,9+/m0/s1. The Balaban J connectivity index is 4.40. The summed E-state index contributed by atoms with van der Waals surface area (Å²) in [7, 11) is 0. The molecule has 0 spiro atoms. The van der Waals surface area contributed by atoms with E-state index in [4.69, 9.17) is 15.9 Å². The molecule has 0 rings (SSSR count). The van der Waals surface area contributed by atoms with E-state index in [2.05, 4.69) is 15.4 Å². The van der Waals surface area contributed by atoms with Crippen molar-refractivity contribution in [2.24, 2.45) is 5.73 Å². The van der Waals surface area contributed by atoms with Crippen molar-refractivity contribution in [1.29, 1.82) is 0 Å². The van der Waals surface area contributed by atoms with Crippen molar-refractivity contribution in [3.8, 4) is 0 Å². The van der Waals surface area contributed by atoms with Crippen LogP contribution in [0.25, 0.3) is 0 Å². The van der Waals surface area contributed by atoms with Crippen molar-refractivity contribution in [3.05, 3.63) is 0 Å². The molecule has 126 valence electrons. The number of rotatable bonds is 12. The minimum atomic E-state index is -1.35. The number of aliphatic carboxylic acids is 2. The third-order valence-corrected chi connectivity index (χ3v) is 2.68. The van der Waals surface area contributed by atoms with Crippen LogP contribution >= 0.6 is 0 Å². The van der Waals surface area contributed by atoms with E-state index in [9.17, 15) is 19.2 Å².